The summed E-state index contributed by atoms with van der Waals surface area (Å²) < 4.78 is 15.0. The Morgan fingerprint density at radius 3 is 2.53 bits per heavy atom. The van der Waals surface area contributed by atoms with Gasteiger partial charge in [0, 0.05) is 20.8 Å². The Labute approximate surface area is 100 Å². The van der Waals surface area contributed by atoms with Gasteiger partial charge in [-0.25, -0.2) is 4.98 Å². The third-order valence-electron chi connectivity index (χ3n) is 2.02. The molecule has 0 saturated heterocycles. The normalized spacial score (nSPS) is 10.3. The van der Waals surface area contributed by atoms with Gasteiger partial charge in [-0.15, -0.1) is 0 Å². The fourth-order valence-electron chi connectivity index (χ4n) is 1.25. The number of methoxy groups -OCH3 is 3. The first kappa shape index (κ1) is 13.5. The number of ether oxygens (including phenoxy) is 3. The van der Waals surface area contributed by atoms with Gasteiger partial charge in [0.1, 0.15) is 12.3 Å². The van der Waals surface area contributed by atoms with Gasteiger partial charge in [-0.2, -0.15) is 4.98 Å². The quantitative estimate of drug-likeness (QED) is 0.663. The van der Waals surface area contributed by atoms with Crippen LogP contribution in [0.2, 0.25) is 0 Å². The first-order valence-electron chi connectivity index (χ1n) is 5.15. The lowest BCUT2D eigenvalue weighted by Crippen LogP contribution is -2.13. The number of anilines is 2. The van der Waals surface area contributed by atoms with Crippen LogP contribution in [0.1, 0.15) is 5.82 Å². The number of nitrogens with two attached hydrogens (primary N) is 1. The maximum Gasteiger partial charge on any atom is 0.242 e. The van der Waals surface area contributed by atoms with E-state index in [4.69, 9.17) is 19.9 Å². The Hall–Kier alpha value is -1.60. The molecule has 0 amide bonds. The maximum atomic E-state index is 5.85. The van der Waals surface area contributed by atoms with E-state index >= 15 is 0 Å². The summed E-state index contributed by atoms with van der Waals surface area (Å²) in [5, 5.41) is 3.05. The summed E-state index contributed by atoms with van der Waals surface area (Å²) in [7, 11) is 4.71. The first-order chi connectivity index (χ1) is 8.22. The Morgan fingerprint density at radius 2 is 1.94 bits per heavy atom. The fraction of sp³-hybridized carbons (Fsp3) is 0.600. The van der Waals surface area contributed by atoms with Crippen molar-refractivity contribution in [2.24, 2.45) is 0 Å². The zero-order valence-electron chi connectivity index (χ0n) is 10.3. The highest BCUT2D eigenvalue weighted by molar-refractivity contribution is 5.66. The van der Waals surface area contributed by atoms with Gasteiger partial charge in [0.05, 0.1) is 13.7 Å². The Morgan fingerprint density at radius 1 is 1.18 bits per heavy atom. The molecule has 0 radical (unpaired) electrons. The van der Waals surface area contributed by atoms with Crippen LogP contribution < -0.4 is 15.8 Å². The second kappa shape index (κ2) is 6.87. The van der Waals surface area contributed by atoms with E-state index in [1.165, 1.54) is 7.11 Å². The first-order valence-corrected chi connectivity index (χ1v) is 5.15. The van der Waals surface area contributed by atoms with Gasteiger partial charge >= 0.3 is 0 Å². The van der Waals surface area contributed by atoms with Crippen molar-refractivity contribution in [1.82, 2.24) is 9.97 Å². The van der Waals surface area contributed by atoms with E-state index in [2.05, 4.69) is 15.3 Å². The molecule has 0 aliphatic carbocycles. The number of nitrogens with one attached hydrogen (secondary N) is 1. The molecule has 0 aliphatic rings. The Bertz CT molecular complexity index is 360. The van der Waals surface area contributed by atoms with Crippen molar-refractivity contribution < 1.29 is 14.2 Å². The fourth-order valence-corrected chi connectivity index (χ4v) is 1.25. The van der Waals surface area contributed by atoms with Crippen molar-refractivity contribution in [3.63, 3.8) is 0 Å². The highest BCUT2D eigenvalue weighted by Crippen LogP contribution is 2.25. The highest BCUT2D eigenvalue weighted by Gasteiger charge is 2.11. The van der Waals surface area contributed by atoms with Gasteiger partial charge in [0.2, 0.25) is 5.88 Å². The van der Waals surface area contributed by atoms with Crippen LogP contribution in [0.15, 0.2) is 0 Å². The average molecular weight is 242 g/mol. The molecule has 1 aromatic heterocycles. The number of rotatable bonds is 7. The van der Waals surface area contributed by atoms with E-state index in [0.717, 1.165) is 0 Å². The van der Waals surface area contributed by atoms with E-state index in [1.807, 2.05) is 0 Å². The van der Waals surface area contributed by atoms with E-state index in [9.17, 15) is 0 Å². The summed E-state index contributed by atoms with van der Waals surface area (Å²) >= 11 is 0. The average Bonchev–Trinajstić information content (AvgIpc) is 2.33. The van der Waals surface area contributed by atoms with E-state index in [0.29, 0.717) is 43.0 Å². The zero-order valence-corrected chi connectivity index (χ0v) is 10.3. The van der Waals surface area contributed by atoms with E-state index < -0.39 is 0 Å². The van der Waals surface area contributed by atoms with Gasteiger partial charge in [-0.1, -0.05) is 0 Å². The molecule has 1 rings (SSSR count). The minimum atomic E-state index is 0.301. The second-order valence-electron chi connectivity index (χ2n) is 3.26. The Balaban J connectivity index is 2.88. The minimum absolute atomic E-state index is 0.301. The lowest BCUT2D eigenvalue weighted by molar-refractivity contribution is 0.177. The predicted octanol–water partition coefficient (Wildman–Crippen LogP) is 0.272. The molecular formula is C10H18N4O3. The summed E-state index contributed by atoms with van der Waals surface area (Å²) in [6.07, 6.45) is 0. The lowest BCUT2D eigenvalue weighted by Gasteiger charge is -2.12. The number of nitrogens with zero attached hydrogens (tertiary/aromatic N) is 2. The van der Waals surface area contributed by atoms with Crippen LogP contribution in [-0.2, 0) is 16.1 Å². The summed E-state index contributed by atoms with van der Waals surface area (Å²) in [6.45, 7) is 1.47. The molecule has 96 valence electrons. The highest BCUT2D eigenvalue weighted by atomic mass is 16.5. The second-order valence-corrected chi connectivity index (χ2v) is 3.26. The van der Waals surface area contributed by atoms with E-state index in [1.54, 1.807) is 14.2 Å². The smallest absolute Gasteiger partial charge is 0.242 e. The van der Waals surface area contributed by atoms with Gasteiger partial charge in [0.25, 0.3) is 0 Å². The number of hydrogen-bond acceptors (Lipinski definition) is 7. The van der Waals surface area contributed by atoms with Crippen molar-refractivity contribution >= 4 is 11.5 Å². The van der Waals surface area contributed by atoms with Crippen LogP contribution in [0.4, 0.5) is 11.5 Å². The van der Waals surface area contributed by atoms with Crippen molar-refractivity contribution in [1.29, 1.82) is 0 Å². The molecule has 0 unspecified atom stereocenters. The largest absolute Gasteiger partial charge is 0.479 e. The van der Waals surface area contributed by atoms with Crippen LogP contribution in [0.5, 0.6) is 5.88 Å². The van der Waals surface area contributed by atoms with Crippen molar-refractivity contribution in [2.75, 3.05) is 45.5 Å². The molecule has 17 heavy (non-hydrogen) atoms. The van der Waals surface area contributed by atoms with Crippen molar-refractivity contribution in [2.45, 2.75) is 6.61 Å². The third-order valence-corrected chi connectivity index (χ3v) is 2.02. The summed E-state index contributed by atoms with van der Waals surface area (Å²) in [6, 6.07) is 0. The molecular weight excluding hydrogens is 224 g/mol. The van der Waals surface area contributed by atoms with Gasteiger partial charge in [-0.05, 0) is 0 Å². The minimum Gasteiger partial charge on any atom is -0.479 e. The summed E-state index contributed by atoms with van der Waals surface area (Å²) in [5.41, 5.74) is 6.23. The Kier molecular flexibility index (Phi) is 5.44. The topological polar surface area (TPSA) is 91.5 Å². The molecule has 0 aliphatic heterocycles. The van der Waals surface area contributed by atoms with Gasteiger partial charge in [0.15, 0.2) is 11.6 Å². The molecule has 0 saturated carbocycles. The zero-order chi connectivity index (χ0) is 12.7. The van der Waals surface area contributed by atoms with Crippen LogP contribution in [0, 0.1) is 0 Å². The standard InChI is InChI=1S/C10H18N4O3/c1-15-5-4-12-9-8(11)10(17-3)14-7(13-9)6-16-2/h4-6,11H2,1-3H3,(H,12,13,14). The van der Waals surface area contributed by atoms with Gasteiger partial charge < -0.3 is 25.3 Å². The maximum absolute atomic E-state index is 5.85. The number of hydrogen-bond donors (Lipinski definition) is 2. The molecule has 1 aromatic rings. The number of nitrogen functional groups attached to an aromatic ring is 1. The van der Waals surface area contributed by atoms with Crippen LogP contribution in [0.3, 0.4) is 0 Å². The predicted molar refractivity (Wildman–Crippen MR) is 64.1 cm³/mol. The monoisotopic (exact) mass is 242 g/mol. The van der Waals surface area contributed by atoms with Crippen molar-refractivity contribution in [3.05, 3.63) is 5.82 Å². The molecule has 0 bridgehead atoms. The molecule has 3 N–H and O–H groups in total. The summed E-state index contributed by atoms with van der Waals surface area (Å²) in [4.78, 5) is 8.35. The van der Waals surface area contributed by atoms with Crippen LogP contribution in [-0.4, -0.2) is 44.4 Å². The molecule has 1 heterocycles. The summed E-state index contributed by atoms with van der Waals surface area (Å²) in [5.74, 6) is 1.38. The molecule has 7 nitrogen and oxygen atoms in total. The third kappa shape index (κ3) is 3.72. The van der Waals surface area contributed by atoms with Crippen LogP contribution >= 0.6 is 0 Å². The SMILES string of the molecule is COCCNc1nc(COC)nc(OC)c1N. The molecule has 0 atom stereocenters. The van der Waals surface area contributed by atoms with Crippen LogP contribution in [0.25, 0.3) is 0 Å². The molecule has 0 spiro atoms. The number of aromatic nitrogens is 2. The lowest BCUT2D eigenvalue weighted by atomic mass is 10.4. The van der Waals surface area contributed by atoms with Crippen molar-refractivity contribution in [3.8, 4) is 5.88 Å². The van der Waals surface area contributed by atoms with E-state index in [-0.39, 0.29) is 0 Å². The molecule has 0 aromatic carbocycles. The van der Waals surface area contributed by atoms with Gasteiger partial charge in [-0.3, -0.25) is 0 Å². The molecule has 7 heteroatoms. The molecule has 0 fully saturated rings.